The second-order valence-electron chi connectivity index (χ2n) is 3.76. The first-order chi connectivity index (χ1) is 8.25. The summed E-state index contributed by atoms with van der Waals surface area (Å²) in [5.41, 5.74) is 2.07. The zero-order valence-electron chi connectivity index (χ0n) is 9.24. The van der Waals surface area contributed by atoms with E-state index in [0.29, 0.717) is 6.54 Å². The van der Waals surface area contributed by atoms with Crippen LogP contribution >= 0.6 is 0 Å². The Labute approximate surface area is 99.1 Å². The van der Waals surface area contributed by atoms with Gasteiger partial charge in [0.2, 0.25) is 0 Å². The number of hydrogen-bond donors (Lipinski definition) is 1. The van der Waals surface area contributed by atoms with Crippen LogP contribution in [-0.4, -0.2) is 0 Å². The molecule has 17 heavy (non-hydrogen) atoms. The molecule has 1 N–H and O–H groups in total. The Kier molecular flexibility index (Phi) is 3.70. The highest BCUT2D eigenvalue weighted by Gasteiger charge is 2.05. The van der Waals surface area contributed by atoms with Crippen LogP contribution in [0.1, 0.15) is 17.6 Å². The molecule has 0 aliphatic rings. The van der Waals surface area contributed by atoms with Gasteiger partial charge in [-0.2, -0.15) is 0 Å². The highest BCUT2D eigenvalue weighted by atomic mass is 19.3. The molecular formula is C14H13F2N. The first-order valence-electron chi connectivity index (χ1n) is 5.41. The summed E-state index contributed by atoms with van der Waals surface area (Å²) < 4.78 is 24.7. The SMILES string of the molecule is FC(F)c1ccc(CNc2ccccc2)cc1. The Morgan fingerprint density at radius 2 is 1.53 bits per heavy atom. The molecule has 0 unspecified atom stereocenters. The van der Waals surface area contributed by atoms with Crippen LogP contribution in [0.25, 0.3) is 0 Å². The van der Waals surface area contributed by atoms with E-state index in [4.69, 9.17) is 0 Å². The van der Waals surface area contributed by atoms with E-state index in [1.54, 1.807) is 12.1 Å². The largest absolute Gasteiger partial charge is 0.381 e. The van der Waals surface area contributed by atoms with E-state index in [0.717, 1.165) is 11.3 Å². The lowest BCUT2D eigenvalue weighted by atomic mass is 10.1. The molecule has 0 saturated heterocycles. The van der Waals surface area contributed by atoms with Gasteiger partial charge < -0.3 is 5.32 Å². The fraction of sp³-hybridized carbons (Fsp3) is 0.143. The van der Waals surface area contributed by atoms with Crippen LogP contribution in [0.4, 0.5) is 14.5 Å². The molecule has 2 rings (SSSR count). The van der Waals surface area contributed by atoms with Crippen molar-refractivity contribution in [2.75, 3.05) is 5.32 Å². The van der Waals surface area contributed by atoms with E-state index in [1.807, 2.05) is 30.3 Å². The molecular weight excluding hydrogens is 220 g/mol. The zero-order chi connectivity index (χ0) is 12.1. The van der Waals surface area contributed by atoms with Gasteiger partial charge in [0, 0.05) is 17.8 Å². The third-order valence-electron chi connectivity index (χ3n) is 2.50. The molecule has 0 spiro atoms. The predicted molar refractivity (Wildman–Crippen MR) is 65.2 cm³/mol. The highest BCUT2D eigenvalue weighted by Crippen LogP contribution is 2.19. The Hall–Kier alpha value is -1.90. The van der Waals surface area contributed by atoms with Crippen LogP contribution in [0.3, 0.4) is 0 Å². The van der Waals surface area contributed by atoms with Gasteiger partial charge in [0.05, 0.1) is 0 Å². The van der Waals surface area contributed by atoms with Crippen LogP contribution in [0.5, 0.6) is 0 Å². The summed E-state index contributed by atoms with van der Waals surface area (Å²) in [4.78, 5) is 0. The van der Waals surface area contributed by atoms with Crippen molar-refractivity contribution in [3.05, 3.63) is 65.7 Å². The molecule has 3 heteroatoms. The van der Waals surface area contributed by atoms with E-state index >= 15 is 0 Å². The standard InChI is InChI=1S/C14H13F2N/c15-14(16)12-8-6-11(7-9-12)10-17-13-4-2-1-3-5-13/h1-9,14,17H,10H2. The van der Waals surface area contributed by atoms with E-state index in [1.165, 1.54) is 12.1 Å². The lowest BCUT2D eigenvalue weighted by Crippen LogP contribution is -1.99. The fourth-order valence-electron chi connectivity index (χ4n) is 1.54. The van der Waals surface area contributed by atoms with E-state index < -0.39 is 6.43 Å². The van der Waals surface area contributed by atoms with Crippen molar-refractivity contribution in [1.29, 1.82) is 0 Å². The first-order valence-corrected chi connectivity index (χ1v) is 5.41. The third-order valence-corrected chi connectivity index (χ3v) is 2.50. The molecule has 0 radical (unpaired) electrons. The van der Waals surface area contributed by atoms with Crippen LogP contribution < -0.4 is 5.32 Å². The summed E-state index contributed by atoms with van der Waals surface area (Å²) in [6, 6.07) is 16.1. The minimum Gasteiger partial charge on any atom is -0.381 e. The number of hydrogen-bond acceptors (Lipinski definition) is 1. The van der Waals surface area contributed by atoms with Gasteiger partial charge in [-0.3, -0.25) is 0 Å². The predicted octanol–water partition coefficient (Wildman–Crippen LogP) is 4.24. The Morgan fingerprint density at radius 1 is 0.882 bits per heavy atom. The normalized spacial score (nSPS) is 10.5. The molecule has 1 nitrogen and oxygen atoms in total. The van der Waals surface area contributed by atoms with Gasteiger partial charge in [-0.05, 0) is 17.7 Å². The number of halogens is 2. The van der Waals surface area contributed by atoms with E-state index in [9.17, 15) is 8.78 Å². The lowest BCUT2D eigenvalue weighted by Gasteiger charge is -2.07. The van der Waals surface area contributed by atoms with Crippen molar-refractivity contribution in [2.45, 2.75) is 13.0 Å². The number of rotatable bonds is 4. The zero-order valence-corrected chi connectivity index (χ0v) is 9.24. The summed E-state index contributed by atoms with van der Waals surface area (Å²) in [5.74, 6) is 0. The van der Waals surface area contributed by atoms with Gasteiger partial charge in [-0.1, -0.05) is 42.5 Å². The number of anilines is 1. The minimum absolute atomic E-state index is 0.0634. The summed E-state index contributed by atoms with van der Waals surface area (Å²) in [6.45, 7) is 0.632. The van der Waals surface area contributed by atoms with Crippen molar-refractivity contribution in [1.82, 2.24) is 0 Å². The van der Waals surface area contributed by atoms with Gasteiger partial charge in [0.15, 0.2) is 0 Å². The molecule has 0 saturated carbocycles. The minimum atomic E-state index is -2.40. The molecule has 88 valence electrons. The number of alkyl halides is 2. The molecule has 0 aliphatic heterocycles. The summed E-state index contributed by atoms with van der Waals surface area (Å²) in [6.07, 6.45) is -2.40. The Morgan fingerprint density at radius 3 is 2.12 bits per heavy atom. The first kappa shape index (κ1) is 11.6. The summed E-state index contributed by atoms with van der Waals surface area (Å²) in [5, 5.41) is 3.22. The van der Waals surface area contributed by atoms with Crippen molar-refractivity contribution in [2.24, 2.45) is 0 Å². The van der Waals surface area contributed by atoms with Crippen molar-refractivity contribution >= 4 is 5.69 Å². The second kappa shape index (κ2) is 5.43. The molecule has 0 bridgehead atoms. The van der Waals surface area contributed by atoms with Gasteiger partial charge >= 0.3 is 0 Å². The maximum atomic E-state index is 12.3. The molecule has 0 heterocycles. The molecule has 0 aromatic heterocycles. The topological polar surface area (TPSA) is 12.0 Å². The van der Waals surface area contributed by atoms with Gasteiger partial charge in [-0.15, -0.1) is 0 Å². The maximum Gasteiger partial charge on any atom is 0.263 e. The summed E-state index contributed by atoms with van der Waals surface area (Å²) in [7, 11) is 0. The number of para-hydroxylation sites is 1. The van der Waals surface area contributed by atoms with Crippen molar-refractivity contribution < 1.29 is 8.78 Å². The van der Waals surface area contributed by atoms with E-state index in [-0.39, 0.29) is 5.56 Å². The molecule has 0 aliphatic carbocycles. The van der Waals surface area contributed by atoms with Crippen molar-refractivity contribution in [3.8, 4) is 0 Å². The van der Waals surface area contributed by atoms with Gasteiger partial charge in [0.25, 0.3) is 6.43 Å². The van der Waals surface area contributed by atoms with Crippen LogP contribution in [0, 0.1) is 0 Å². The van der Waals surface area contributed by atoms with Gasteiger partial charge in [-0.25, -0.2) is 8.78 Å². The smallest absolute Gasteiger partial charge is 0.263 e. The average molecular weight is 233 g/mol. The van der Waals surface area contributed by atoms with E-state index in [2.05, 4.69) is 5.32 Å². The van der Waals surface area contributed by atoms with Crippen molar-refractivity contribution in [3.63, 3.8) is 0 Å². The molecule has 0 atom stereocenters. The maximum absolute atomic E-state index is 12.3. The molecule has 2 aromatic carbocycles. The molecule has 0 fully saturated rings. The second-order valence-corrected chi connectivity index (χ2v) is 3.76. The molecule has 2 aromatic rings. The quantitative estimate of drug-likeness (QED) is 0.833. The molecule has 0 amide bonds. The Bertz CT molecular complexity index is 451. The Balaban J connectivity index is 1.96. The van der Waals surface area contributed by atoms with Crippen LogP contribution in [0.15, 0.2) is 54.6 Å². The van der Waals surface area contributed by atoms with Gasteiger partial charge in [0.1, 0.15) is 0 Å². The third kappa shape index (κ3) is 3.28. The number of benzene rings is 2. The monoisotopic (exact) mass is 233 g/mol. The summed E-state index contributed by atoms with van der Waals surface area (Å²) >= 11 is 0. The lowest BCUT2D eigenvalue weighted by molar-refractivity contribution is 0.151. The van der Waals surface area contributed by atoms with Crippen LogP contribution in [-0.2, 0) is 6.54 Å². The van der Waals surface area contributed by atoms with Crippen LogP contribution in [0.2, 0.25) is 0 Å². The average Bonchev–Trinajstić information content (AvgIpc) is 2.38. The number of nitrogens with one attached hydrogen (secondary N) is 1. The fourth-order valence-corrected chi connectivity index (χ4v) is 1.54. The highest BCUT2D eigenvalue weighted by molar-refractivity contribution is 5.43.